The molecule has 25 heavy (non-hydrogen) atoms. The number of nitrogens with zero attached hydrogens (tertiary/aromatic N) is 5. The lowest BCUT2D eigenvalue weighted by Crippen LogP contribution is -1.95. The summed E-state index contributed by atoms with van der Waals surface area (Å²) in [4.78, 5) is 8.89. The number of methoxy groups -OCH3 is 2. The fraction of sp³-hybridized carbons (Fsp3) is 0.125. The largest absolute Gasteiger partial charge is 0.497 e. The van der Waals surface area contributed by atoms with E-state index in [1.54, 1.807) is 43.4 Å². The van der Waals surface area contributed by atoms with Crippen molar-refractivity contribution in [3.05, 3.63) is 42.9 Å². The first kappa shape index (κ1) is 14.9. The third-order valence-corrected chi connectivity index (χ3v) is 3.62. The van der Waals surface area contributed by atoms with Crippen molar-refractivity contribution in [1.29, 1.82) is 0 Å². The molecule has 9 heteroatoms. The minimum Gasteiger partial charge on any atom is -0.497 e. The molecule has 0 saturated carbocycles. The molecule has 4 rings (SSSR count). The van der Waals surface area contributed by atoms with Gasteiger partial charge >= 0.3 is 0 Å². The lowest BCUT2D eigenvalue weighted by Gasteiger charge is -2.08. The second-order valence-corrected chi connectivity index (χ2v) is 5.18. The molecule has 126 valence electrons. The number of aromatic nitrogens is 6. The highest BCUT2D eigenvalue weighted by atomic mass is 16.5. The molecule has 3 heterocycles. The van der Waals surface area contributed by atoms with Crippen molar-refractivity contribution in [1.82, 2.24) is 29.8 Å². The van der Waals surface area contributed by atoms with Gasteiger partial charge in [-0.25, -0.2) is 9.50 Å². The normalized spacial score (nSPS) is 10.8. The molecule has 3 aromatic heterocycles. The van der Waals surface area contributed by atoms with Gasteiger partial charge in [0.2, 0.25) is 5.95 Å². The van der Waals surface area contributed by atoms with Crippen molar-refractivity contribution >= 4 is 17.3 Å². The molecule has 9 nitrogen and oxygen atoms in total. The number of nitrogens with one attached hydrogen (secondary N) is 2. The van der Waals surface area contributed by atoms with Gasteiger partial charge in [-0.15, -0.1) is 5.10 Å². The zero-order valence-corrected chi connectivity index (χ0v) is 13.6. The Morgan fingerprint density at radius 1 is 1.08 bits per heavy atom. The Morgan fingerprint density at radius 2 is 1.88 bits per heavy atom. The van der Waals surface area contributed by atoms with E-state index in [0.717, 1.165) is 11.4 Å². The number of aromatic amines is 1. The van der Waals surface area contributed by atoms with Gasteiger partial charge in [0.1, 0.15) is 17.2 Å². The van der Waals surface area contributed by atoms with Crippen molar-refractivity contribution in [3.8, 4) is 22.9 Å². The smallest absolute Gasteiger partial charge is 0.247 e. The molecule has 0 spiro atoms. The molecule has 0 aliphatic rings. The molecule has 0 aliphatic carbocycles. The van der Waals surface area contributed by atoms with Gasteiger partial charge in [-0.05, 0) is 6.07 Å². The molecule has 0 bridgehead atoms. The van der Waals surface area contributed by atoms with Gasteiger partial charge in [0.05, 0.1) is 19.9 Å². The van der Waals surface area contributed by atoms with E-state index in [0.29, 0.717) is 28.8 Å². The maximum Gasteiger partial charge on any atom is 0.247 e. The summed E-state index contributed by atoms with van der Waals surface area (Å²) >= 11 is 0. The van der Waals surface area contributed by atoms with Gasteiger partial charge in [-0.2, -0.15) is 10.1 Å². The molecule has 0 aliphatic heterocycles. The number of hydrogen-bond acceptors (Lipinski definition) is 7. The summed E-state index contributed by atoms with van der Waals surface area (Å²) in [5.41, 5.74) is 2.81. The number of rotatable bonds is 5. The molecular formula is C16H15N7O2. The van der Waals surface area contributed by atoms with Crippen LogP contribution < -0.4 is 14.8 Å². The minimum absolute atomic E-state index is 0.434. The van der Waals surface area contributed by atoms with E-state index in [1.807, 2.05) is 18.2 Å². The fourth-order valence-corrected chi connectivity index (χ4v) is 2.46. The maximum absolute atomic E-state index is 5.27. The van der Waals surface area contributed by atoms with Crippen LogP contribution in [0.25, 0.3) is 17.0 Å². The maximum atomic E-state index is 5.27. The van der Waals surface area contributed by atoms with Crippen LogP contribution in [0.1, 0.15) is 0 Å². The topological polar surface area (TPSA) is 102 Å². The van der Waals surface area contributed by atoms with Crippen molar-refractivity contribution in [3.63, 3.8) is 0 Å². The molecular weight excluding hydrogens is 322 g/mol. The van der Waals surface area contributed by atoms with Crippen molar-refractivity contribution in [2.45, 2.75) is 0 Å². The number of H-pyrrole nitrogens is 1. The SMILES string of the molecule is COc1cc(Nc2nc3c(-c4ccn[nH]4)nccn3n2)cc(OC)c1. The molecule has 1 aromatic carbocycles. The third kappa shape index (κ3) is 2.82. The second-order valence-electron chi connectivity index (χ2n) is 5.18. The van der Waals surface area contributed by atoms with Crippen molar-refractivity contribution in [2.24, 2.45) is 0 Å². The quantitative estimate of drug-likeness (QED) is 0.576. The highest BCUT2D eigenvalue weighted by molar-refractivity contribution is 5.72. The number of hydrogen-bond donors (Lipinski definition) is 2. The van der Waals surface area contributed by atoms with Crippen LogP contribution in [-0.4, -0.2) is 44.0 Å². The number of fused-ring (bicyclic) bond motifs is 1. The Hall–Kier alpha value is -3.62. The molecule has 0 fully saturated rings. The Morgan fingerprint density at radius 3 is 2.56 bits per heavy atom. The molecule has 0 amide bonds. The van der Waals surface area contributed by atoms with Gasteiger partial charge in [-0.1, -0.05) is 0 Å². The van der Waals surface area contributed by atoms with Crippen LogP contribution in [0.15, 0.2) is 42.9 Å². The highest BCUT2D eigenvalue weighted by Gasteiger charge is 2.12. The molecule has 0 saturated heterocycles. The van der Waals surface area contributed by atoms with Gasteiger partial charge in [0, 0.05) is 42.5 Å². The van der Waals surface area contributed by atoms with Crippen LogP contribution >= 0.6 is 0 Å². The van der Waals surface area contributed by atoms with E-state index >= 15 is 0 Å². The average molecular weight is 337 g/mol. The monoisotopic (exact) mass is 337 g/mol. The standard InChI is InChI=1S/C16H15N7O2/c1-24-11-7-10(8-12(9-11)25-2)19-16-20-15-14(13-3-4-18-21-13)17-5-6-23(15)22-16/h3-9H,1-2H3,(H,18,21)(H,19,22). The van der Waals surface area contributed by atoms with Crippen LogP contribution in [0.4, 0.5) is 11.6 Å². The minimum atomic E-state index is 0.434. The number of ether oxygens (including phenoxy) is 2. The highest BCUT2D eigenvalue weighted by Crippen LogP contribution is 2.28. The average Bonchev–Trinajstić information content (AvgIpc) is 3.30. The van der Waals surface area contributed by atoms with E-state index in [1.165, 1.54) is 0 Å². The summed E-state index contributed by atoms with van der Waals surface area (Å²) in [5.74, 6) is 1.78. The van der Waals surface area contributed by atoms with E-state index < -0.39 is 0 Å². The van der Waals surface area contributed by atoms with Gasteiger partial charge in [0.15, 0.2) is 5.65 Å². The van der Waals surface area contributed by atoms with Crippen LogP contribution in [0, 0.1) is 0 Å². The van der Waals surface area contributed by atoms with Crippen LogP contribution in [-0.2, 0) is 0 Å². The van der Waals surface area contributed by atoms with Crippen molar-refractivity contribution in [2.75, 3.05) is 19.5 Å². The predicted octanol–water partition coefficient (Wildman–Crippen LogP) is 2.28. The number of benzene rings is 1. The summed E-state index contributed by atoms with van der Waals surface area (Å²) in [6, 6.07) is 7.30. The summed E-state index contributed by atoms with van der Waals surface area (Å²) < 4.78 is 12.2. The van der Waals surface area contributed by atoms with E-state index in [2.05, 4.69) is 30.6 Å². The van der Waals surface area contributed by atoms with Crippen LogP contribution in [0.2, 0.25) is 0 Å². The van der Waals surface area contributed by atoms with Gasteiger partial charge in [-0.3, -0.25) is 5.10 Å². The summed E-state index contributed by atoms with van der Waals surface area (Å²) in [5, 5.41) is 14.4. The molecule has 2 N–H and O–H groups in total. The zero-order valence-electron chi connectivity index (χ0n) is 13.6. The lowest BCUT2D eigenvalue weighted by atomic mass is 10.3. The van der Waals surface area contributed by atoms with Crippen LogP contribution in [0.5, 0.6) is 11.5 Å². The predicted molar refractivity (Wildman–Crippen MR) is 91.2 cm³/mol. The first-order valence-corrected chi connectivity index (χ1v) is 7.48. The zero-order chi connectivity index (χ0) is 17.2. The summed E-state index contributed by atoms with van der Waals surface area (Å²) in [6.07, 6.45) is 5.06. The van der Waals surface area contributed by atoms with E-state index in [4.69, 9.17) is 9.47 Å². The third-order valence-electron chi connectivity index (χ3n) is 3.62. The summed E-state index contributed by atoms with van der Waals surface area (Å²) in [7, 11) is 3.20. The molecule has 0 atom stereocenters. The Bertz CT molecular complexity index is 988. The van der Waals surface area contributed by atoms with Gasteiger partial charge < -0.3 is 14.8 Å². The molecule has 4 aromatic rings. The van der Waals surface area contributed by atoms with Gasteiger partial charge in [0.25, 0.3) is 0 Å². The Balaban J connectivity index is 1.72. The van der Waals surface area contributed by atoms with Crippen molar-refractivity contribution < 1.29 is 9.47 Å². The fourth-order valence-electron chi connectivity index (χ4n) is 2.46. The number of anilines is 2. The second kappa shape index (κ2) is 6.11. The molecule has 0 unspecified atom stereocenters. The van der Waals surface area contributed by atoms with E-state index in [-0.39, 0.29) is 0 Å². The lowest BCUT2D eigenvalue weighted by molar-refractivity contribution is 0.395. The Labute approximate surface area is 142 Å². The first-order chi connectivity index (χ1) is 12.3. The Kier molecular flexibility index (Phi) is 3.65. The van der Waals surface area contributed by atoms with E-state index in [9.17, 15) is 0 Å². The molecule has 0 radical (unpaired) electrons. The van der Waals surface area contributed by atoms with Crippen LogP contribution in [0.3, 0.4) is 0 Å². The first-order valence-electron chi connectivity index (χ1n) is 7.48. The summed E-state index contributed by atoms with van der Waals surface area (Å²) in [6.45, 7) is 0.